The van der Waals surface area contributed by atoms with Gasteiger partial charge in [-0.25, -0.2) is 4.79 Å². The number of hydrogen-bond acceptors (Lipinski definition) is 5. The number of nitrogens with zero attached hydrogens (tertiary/aromatic N) is 1. The quantitative estimate of drug-likeness (QED) is 0.274. The summed E-state index contributed by atoms with van der Waals surface area (Å²) < 4.78 is 11.9. The van der Waals surface area contributed by atoms with Crippen molar-refractivity contribution in [1.82, 2.24) is 15.5 Å². The van der Waals surface area contributed by atoms with Crippen LogP contribution in [0.2, 0.25) is 25.7 Å². The molecule has 1 aliphatic heterocycles. The van der Waals surface area contributed by atoms with Gasteiger partial charge in [-0.1, -0.05) is 33.0 Å². The molecular formula is C23H43N3O5Si. The fraction of sp³-hybridized carbons (Fsp3) is 0.870. The second kappa shape index (κ2) is 11.6. The van der Waals surface area contributed by atoms with E-state index in [-0.39, 0.29) is 36.7 Å². The average molecular weight is 470 g/mol. The maximum Gasteiger partial charge on any atom is 0.315 e. The van der Waals surface area contributed by atoms with Gasteiger partial charge < -0.3 is 20.1 Å². The van der Waals surface area contributed by atoms with Gasteiger partial charge in [-0.3, -0.25) is 14.5 Å². The SMILES string of the molecule is CCCCNC(=O)NC1CCC(OC2C(=O)N(COCC[Si](C)(C)C)C(=O)C2(C)C)CC1. The number of imide groups is 1. The van der Waals surface area contributed by atoms with E-state index < -0.39 is 19.6 Å². The number of amides is 4. The summed E-state index contributed by atoms with van der Waals surface area (Å²) >= 11 is 0. The van der Waals surface area contributed by atoms with Crippen molar-refractivity contribution in [3.05, 3.63) is 0 Å². The molecule has 0 bridgehead atoms. The van der Waals surface area contributed by atoms with Gasteiger partial charge in [0.15, 0.2) is 6.10 Å². The molecule has 2 fully saturated rings. The summed E-state index contributed by atoms with van der Waals surface area (Å²) in [5.74, 6) is -0.539. The average Bonchev–Trinajstić information content (AvgIpc) is 2.86. The second-order valence-electron chi connectivity index (χ2n) is 10.9. The van der Waals surface area contributed by atoms with E-state index in [2.05, 4.69) is 37.2 Å². The van der Waals surface area contributed by atoms with Crippen molar-refractivity contribution < 1.29 is 23.9 Å². The Hall–Kier alpha value is -1.45. The van der Waals surface area contributed by atoms with Crippen LogP contribution in [0.3, 0.4) is 0 Å². The van der Waals surface area contributed by atoms with E-state index in [0.717, 1.165) is 44.6 Å². The zero-order valence-electron chi connectivity index (χ0n) is 20.8. The molecule has 8 nitrogen and oxygen atoms in total. The Morgan fingerprint density at radius 2 is 1.81 bits per heavy atom. The van der Waals surface area contributed by atoms with Crippen LogP contribution < -0.4 is 10.6 Å². The van der Waals surface area contributed by atoms with Gasteiger partial charge in [0.05, 0.1) is 11.5 Å². The lowest BCUT2D eigenvalue weighted by molar-refractivity contribution is -0.150. The molecule has 1 heterocycles. The van der Waals surface area contributed by atoms with Crippen molar-refractivity contribution in [1.29, 1.82) is 0 Å². The summed E-state index contributed by atoms with van der Waals surface area (Å²) in [6, 6.07) is 0.979. The fourth-order valence-corrected chi connectivity index (χ4v) is 4.80. The molecule has 9 heteroatoms. The highest BCUT2D eigenvalue weighted by Gasteiger charge is 2.55. The van der Waals surface area contributed by atoms with Crippen LogP contribution >= 0.6 is 0 Å². The van der Waals surface area contributed by atoms with Crippen molar-refractivity contribution in [2.75, 3.05) is 19.9 Å². The van der Waals surface area contributed by atoms with Crippen molar-refractivity contribution in [2.45, 2.75) is 103 Å². The first-order valence-corrected chi connectivity index (χ1v) is 15.8. The summed E-state index contributed by atoms with van der Waals surface area (Å²) in [5, 5.41) is 5.90. The predicted octanol–water partition coefficient (Wildman–Crippen LogP) is 3.49. The van der Waals surface area contributed by atoms with Gasteiger partial charge in [-0.15, -0.1) is 0 Å². The van der Waals surface area contributed by atoms with Crippen LogP contribution in [-0.4, -0.2) is 69.0 Å². The molecule has 184 valence electrons. The first-order valence-electron chi connectivity index (χ1n) is 12.1. The maximum absolute atomic E-state index is 13.0. The number of urea groups is 1. The number of carbonyl (C=O) groups excluding carboxylic acids is 3. The highest BCUT2D eigenvalue weighted by atomic mass is 28.3. The molecule has 1 saturated heterocycles. The van der Waals surface area contributed by atoms with Crippen LogP contribution in [-0.2, 0) is 19.1 Å². The van der Waals surface area contributed by atoms with Crippen molar-refractivity contribution in [2.24, 2.45) is 5.41 Å². The van der Waals surface area contributed by atoms with Gasteiger partial charge in [0, 0.05) is 27.3 Å². The summed E-state index contributed by atoms with van der Waals surface area (Å²) in [5.41, 5.74) is -0.909. The predicted molar refractivity (Wildman–Crippen MR) is 127 cm³/mol. The Morgan fingerprint density at radius 1 is 1.16 bits per heavy atom. The van der Waals surface area contributed by atoms with Crippen LogP contribution in [0, 0.1) is 5.41 Å². The third-order valence-corrected chi connectivity index (χ3v) is 8.02. The topological polar surface area (TPSA) is 97.0 Å². The molecule has 2 aliphatic rings. The van der Waals surface area contributed by atoms with Gasteiger partial charge >= 0.3 is 6.03 Å². The highest BCUT2D eigenvalue weighted by Crippen LogP contribution is 2.37. The molecular weight excluding hydrogens is 426 g/mol. The zero-order chi connectivity index (χ0) is 23.9. The Labute approximate surface area is 194 Å². The number of nitrogens with one attached hydrogen (secondary N) is 2. The molecule has 1 atom stereocenters. The number of rotatable bonds is 11. The minimum atomic E-state index is -1.23. The maximum atomic E-state index is 13.0. The molecule has 0 spiro atoms. The van der Waals surface area contributed by atoms with Crippen LogP contribution in [0.25, 0.3) is 0 Å². The van der Waals surface area contributed by atoms with Gasteiger partial charge in [0.25, 0.3) is 5.91 Å². The van der Waals surface area contributed by atoms with E-state index in [1.165, 1.54) is 4.90 Å². The number of hydrogen-bond donors (Lipinski definition) is 2. The van der Waals surface area contributed by atoms with Gasteiger partial charge in [-0.2, -0.15) is 0 Å². The third kappa shape index (κ3) is 7.56. The van der Waals surface area contributed by atoms with E-state index >= 15 is 0 Å². The molecule has 0 aromatic carbocycles. The molecule has 0 radical (unpaired) electrons. The molecule has 4 amide bonds. The van der Waals surface area contributed by atoms with Crippen molar-refractivity contribution in [3.8, 4) is 0 Å². The van der Waals surface area contributed by atoms with E-state index in [0.29, 0.717) is 13.2 Å². The van der Waals surface area contributed by atoms with E-state index in [9.17, 15) is 14.4 Å². The molecule has 1 aliphatic carbocycles. The summed E-state index contributed by atoms with van der Waals surface area (Å²) in [6.45, 7) is 13.7. The molecule has 2 N–H and O–H groups in total. The van der Waals surface area contributed by atoms with Crippen LogP contribution in [0.1, 0.15) is 59.3 Å². The molecule has 0 aromatic rings. The zero-order valence-corrected chi connectivity index (χ0v) is 21.8. The molecule has 32 heavy (non-hydrogen) atoms. The van der Waals surface area contributed by atoms with E-state index in [1.807, 2.05) is 0 Å². The lowest BCUT2D eigenvalue weighted by Gasteiger charge is -2.32. The van der Waals surface area contributed by atoms with Crippen LogP contribution in [0.4, 0.5) is 4.79 Å². The van der Waals surface area contributed by atoms with E-state index in [1.54, 1.807) is 13.8 Å². The second-order valence-corrected chi connectivity index (χ2v) is 16.5. The smallest absolute Gasteiger partial charge is 0.315 e. The molecule has 2 rings (SSSR count). The number of likely N-dealkylation sites (tertiary alicyclic amines) is 1. The molecule has 1 saturated carbocycles. The third-order valence-electron chi connectivity index (χ3n) is 6.31. The lowest BCUT2D eigenvalue weighted by atomic mass is 9.87. The Balaban J connectivity index is 1.81. The largest absolute Gasteiger partial charge is 0.364 e. The van der Waals surface area contributed by atoms with Crippen LogP contribution in [0.15, 0.2) is 0 Å². The summed E-state index contributed by atoms with van der Waals surface area (Å²) in [4.78, 5) is 39.0. The number of ether oxygens (including phenoxy) is 2. The first-order chi connectivity index (χ1) is 15.0. The fourth-order valence-electron chi connectivity index (χ4n) is 4.05. The minimum Gasteiger partial charge on any atom is -0.364 e. The molecule has 0 aromatic heterocycles. The number of unbranched alkanes of at least 4 members (excludes halogenated alkanes) is 1. The normalized spacial score (nSPS) is 25.8. The van der Waals surface area contributed by atoms with Crippen LogP contribution in [0.5, 0.6) is 0 Å². The minimum absolute atomic E-state index is 0.00472. The Kier molecular flexibility index (Phi) is 9.72. The lowest BCUT2D eigenvalue weighted by Crippen LogP contribution is -2.45. The highest BCUT2D eigenvalue weighted by molar-refractivity contribution is 6.76. The Bertz CT molecular complexity index is 657. The first kappa shape index (κ1) is 26.8. The van der Waals surface area contributed by atoms with E-state index in [4.69, 9.17) is 9.47 Å². The summed E-state index contributed by atoms with van der Waals surface area (Å²) in [7, 11) is -1.23. The Morgan fingerprint density at radius 3 is 2.41 bits per heavy atom. The number of carbonyl (C=O) groups is 3. The van der Waals surface area contributed by atoms with Gasteiger partial charge in [0.2, 0.25) is 5.91 Å². The summed E-state index contributed by atoms with van der Waals surface area (Å²) in [6.07, 6.45) is 4.23. The molecule has 1 unspecified atom stereocenters. The van der Waals surface area contributed by atoms with Crippen molar-refractivity contribution in [3.63, 3.8) is 0 Å². The monoisotopic (exact) mass is 469 g/mol. The standard InChI is InChI=1S/C23H43N3O5Si/c1-7-8-13-24-22(29)25-17-9-11-18(12-10-17)31-19-20(27)26(21(28)23(19,2)3)16-30-14-15-32(4,5)6/h17-19H,7-16H2,1-6H3,(H2,24,25,29). The van der Waals surface area contributed by atoms with Crippen molar-refractivity contribution >= 4 is 25.9 Å². The van der Waals surface area contributed by atoms with Gasteiger partial charge in [-0.05, 0) is 52.0 Å². The van der Waals surface area contributed by atoms with Gasteiger partial charge in [0.1, 0.15) is 6.73 Å².